The third-order valence-corrected chi connectivity index (χ3v) is 0.469. The van der Waals surface area contributed by atoms with Crippen LogP contribution in [0.25, 0.3) is 0 Å². The molecule has 0 rings (SSSR count). The topological polar surface area (TPSA) is 58.9 Å². The molecule has 4 nitrogen and oxygen atoms in total. The summed E-state index contributed by atoms with van der Waals surface area (Å²) in [5, 5.41) is 0. The summed E-state index contributed by atoms with van der Waals surface area (Å²) in [4.78, 5) is 18.4. The average molecular weight is 139 g/mol. The molecule has 0 spiro atoms. The van der Waals surface area contributed by atoms with Gasteiger partial charge in [0.15, 0.2) is 0 Å². The van der Waals surface area contributed by atoms with Crippen LogP contribution in [0.5, 0.6) is 0 Å². The second kappa shape index (κ2) is 10.2. The molecule has 0 saturated carbocycles. The van der Waals surface area contributed by atoms with Gasteiger partial charge in [-0.3, -0.25) is 0 Å². The van der Waals surface area contributed by atoms with Crippen LogP contribution in [0.3, 0.4) is 0 Å². The van der Waals surface area contributed by atoms with Crippen molar-refractivity contribution in [1.29, 1.82) is 0 Å². The zero-order chi connectivity index (χ0) is 5.54. The summed E-state index contributed by atoms with van der Waals surface area (Å²) in [5.41, 5.74) is 0. The molecular weight excluding hydrogens is 139 g/mol. The van der Waals surface area contributed by atoms with Gasteiger partial charge in [0, 0.05) is 29.6 Å². The Labute approximate surface area is 72.0 Å². The zero-order valence-electron chi connectivity index (χ0n) is 4.12. The Morgan fingerprint density at radius 3 is 1.75 bits per heavy atom. The number of rotatable bonds is 2. The fourth-order valence-electron chi connectivity index (χ4n) is 0.0537. The van der Waals surface area contributed by atoms with Crippen LogP contribution in [0.15, 0.2) is 8.80 Å². The van der Waals surface area contributed by atoms with Crippen LogP contribution < -0.4 is 0 Å². The summed E-state index contributed by atoms with van der Waals surface area (Å²) >= 11 is 0.456. The molecule has 1 radical (unpaired) electrons. The van der Waals surface area contributed by atoms with Crippen molar-refractivity contribution in [2.75, 3.05) is 0 Å². The standard InChI is InChI=1S/C2N2O2S.Na/c5-1-3-7-4-2-6;. The van der Waals surface area contributed by atoms with Gasteiger partial charge in [-0.1, -0.05) is 0 Å². The number of carbonyl (C=O) groups excluding carboxylic acids is 2. The van der Waals surface area contributed by atoms with E-state index in [0.717, 1.165) is 0 Å². The van der Waals surface area contributed by atoms with Crippen LogP contribution >= 0.6 is 12.1 Å². The maximum atomic E-state index is 9.18. The Kier molecular flexibility index (Phi) is 14.0. The zero-order valence-corrected chi connectivity index (χ0v) is 6.94. The maximum absolute atomic E-state index is 9.18. The molecule has 0 fully saturated rings. The van der Waals surface area contributed by atoms with E-state index in [1.54, 1.807) is 0 Å². The van der Waals surface area contributed by atoms with Crippen molar-refractivity contribution >= 4 is 53.9 Å². The third kappa shape index (κ3) is 9.44. The quantitative estimate of drug-likeness (QED) is 0.231. The van der Waals surface area contributed by atoms with E-state index >= 15 is 0 Å². The minimum atomic E-state index is 0. The molecule has 0 aliphatic heterocycles. The van der Waals surface area contributed by atoms with Gasteiger partial charge in [-0.2, -0.15) is 0 Å². The van der Waals surface area contributed by atoms with Crippen molar-refractivity contribution in [3.63, 3.8) is 0 Å². The molecule has 0 amide bonds. The predicted octanol–water partition coefficient (Wildman–Crippen LogP) is -0.160. The molecule has 0 heterocycles. The van der Waals surface area contributed by atoms with E-state index in [1.807, 2.05) is 0 Å². The third-order valence-electron chi connectivity index (χ3n) is 0.156. The van der Waals surface area contributed by atoms with Gasteiger partial charge < -0.3 is 0 Å². The van der Waals surface area contributed by atoms with Gasteiger partial charge in [0.05, 0.1) is 0 Å². The van der Waals surface area contributed by atoms with E-state index in [-0.39, 0.29) is 29.6 Å². The van der Waals surface area contributed by atoms with Crippen LogP contribution in [0.1, 0.15) is 0 Å². The van der Waals surface area contributed by atoms with Crippen LogP contribution in [0.2, 0.25) is 0 Å². The predicted molar refractivity (Wildman–Crippen MR) is 29.6 cm³/mol. The molecule has 8 heavy (non-hydrogen) atoms. The molecular formula is C2N2NaO2S. The number of hydrogen-bond donors (Lipinski definition) is 0. The van der Waals surface area contributed by atoms with Gasteiger partial charge in [-0.25, -0.2) is 9.59 Å². The normalized spacial score (nSPS) is 5.00. The van der Waals surface area contributed by atoms with Crippen molar-refractivity contribution in [1.82, 2.24) is 0 Å². The van der Waals surface area contributed by atoms with E-state index in [2.05, 4.69) is 8.80 Å². The van der Waals surface area contributed by atoms with Gasteiger partial charge in [-0.15, -0.1) is 8.80 Å². The Balaban J connectivity index is 0. The minimum Gasteiger partial charge on any atom is -0.210 e. The van der Waals surface area contributed by atoms with Crippen molar-refractivity contribution in [2.45, 2.75) is 0 Å². The Hall–Kier alpha value is 0.110. The molecule has 0 aromatic carbocycles. The fourth-order valence-corrected chi connectivity index (χ4v) is 0.161. The molecule has 0 bridgehead atoms. The molecule has 0 saturated heterocycles. The summed E-state index contributed by atoms with van der Waals surface area (Å²) < 4.78 is 5.69. The molecule has 0 N–H and O–H groups in total. The molecule has 0 aromatic heterocycles. The summed E-state index contributed by atoms with van der Waals surface area (Å²) in [6.45, 7) is 0. The first-order valence-electron chi connectivity index (χ1n) is 1.22. The largest absolute Gasteiger partial charge is 0.249 e. The second-order valence-corrected chi connectivity index (χ2v) is 0.975. The summed E-state index contributed by atoms with van der Waals surface area (Å²) in [5.74, 6) is 0. The first-order chi connectivity index (χ1) is 3.41. The molecule has 0 aliphatic rings. The van der Waals surface area contributed by atoms with Crippen molar-refractivity contribution < 1.29 is 9.59 Å². The van der Waals surface area contributed by atoms with E-state index in [1.165, 1.54) is 12.2 Å². The maximum Gasteiger partial charge on any atom is 0.249 e. The second-order valence-electron chi connectivity index (χ2n) is 0.447. The minimum absolute atomic E-state index is 0. The van der Waals surface area contributed by atoms with Gasteiger partial charge >= 0.3 is 0 Å². The van der Waals surface area contributed by atoms with Gasteiger partial charge in [0.2, 0.25) is 12.2 Å². The Morgan fingerprint density at radius 2 is 1.50 bits per heavy atom. The molecule has 0 aliphatic carbocycles. The fraction of sp³-hybridized carbons (Fsp3) is 0. The first kappa shape index (κ1) is 11.0. The summed E-state index contributed by atoms with van der Waals surface area (Å²) in [6, 6.07) is 0. The van der Waals surface area contributed by atoms with Gasteiger partial charge in [0.25, 0.3) is 0 Å². The van der Waals surface area contributed by atoms with Crippen molar-refractivity contribution in [3.8, 4) is 0 Å². The smallest absolute Gasteiger partial charge is 0.210 e. The number of hydrogen-bond acceptors (Lipinski definition) is 5. The molecule has 37 valence electrons. The van der Waals surface area contributed by atoms with Crippen molar-refractivity contribution in [3.05, 3.63) is 0 Å². The Bertz CT molecular complexity index is 121. The van der Waals surface area contributed by atoms with E-state index in [0.29, 0.717) is 12.1 Å². The summed E-state index contributed by atoms with van der Waals surface area (Å²) in [6.07, 6.45) is 2.34. The molecule has 0 atom stereocenters. The first-order valence-corrected chi connectivity index (χ1v) is 1.95. The molecule has 6 heteroatoms. The van der Waals surface area contributed by atoms with E-state index < -0.39 is 0 Å². The van der Waals surface area contributed by atoms with Crippen LogP contribution in [-0.2, 0) is 9.59 Å². The number of isocyanates is 2. The van der Waals surface area contributed by atoms with Crippen LogP contribution in [-0.4, -0.2) is 41.7 Å². The van der Waals surface area contributed by atoms with Crippen molar-refractivity contribution in [2.24, 2.45) is 8.80 Å². The van der Waals surface area contributed by atoms with Gasteiger partial charge in [0.1, 0.15) is 12.1 Å². The average Bonchev–Trinajstić information content (AvgIpc) is 1.69. The van der Waals surface area contributed by atoms with E-state index in [9.17, 15) is 9.59 Å². The van der Waals surface area contributed by atoms with Crippen LogP contribution in [0.4, 0.5) is 0 Å². The number of nitrogens with zero attached hydrogens (tertiary/aromatic N) is 2. The van der Waals surface area contributed by atoms with Crippen LogP contribution in [0, 0.1) is 0 Å². The summed E-state index contributed by atoms with van der Waals surface area (Å²) in [7, 11) is 0. The Morgan fingerprint density at radius 1 is 1.12 bits per heavy atom. The SMILES string of the molecule is O=C=NSN=C=O.[Na]. The molecule has 0 unspecified atom stereocenters. The van der Waals surface area contributed by atoms with E-state index in [4.69, 9.17) is 0 Å². The monoisotopic (exact) mass is 139 g/mol. The van der Waals surface area contributed by atoms with Gasteiger partial charge in [-0.05, 0) is 0 Å². The molecule has 0 aromatic rings.